The lowest BCUT2D eigenvalue weighted by Crippen LogP contribution is -2.18. The van der Waals surface area contributed by atoms with Crippen LogP contribution in [-0.2, 0) is 13.1 Å². The lowest BCUT2D eigenvalue weighted by molar-refractivity contribution is 0.315. The van der Waals surface area contributed by atoms with E-state index in [0.29, 0.717) is 0 Å². The summed E-state index contributed by atoms with van der Waals surface area (Å²) in [6, 6.07) is 11.9. The first-order valence-corrected chi connectivity index (χ1v) is 6.84. The van der Waals surface area contributed by atoms with E-state index in [-0.39, 0.29) is 0 Å². The van der Waals surface area contributed by atoms with Gasteiger partial charge in [0.05, 0.1) is 5.69 Å². The van der Waals surface area contributed by atoms with Gasteiger partial charge in [-0.15, -0.1) is 0 Å². The first-order chi connectivity index (χ1) is 8.65. The second-order valence-electron chi connectivity index (χ2n) is 4.23. The standard InChI is InChI=1S/C14H14BrClN2/c1-18(10-13-4-2-3-7-17-13)9-11-5-6-12(15)8-14(11)16/h2-8H,9-10H2,1H3. The lowest BCUT2D eigenvalue weighted by atomic mass is 10.2. The highest BCUT2D eigenvalue weighted by Crippen LogP contribution is 2.22. The van der Waals surface area contributed by atoms with Gasteiger partial charge < -0.3 is 0 Å². The Balaban J connectivity index is 2.01. The second kappa shape index (κ2) is 6.32. The maximum Gasteiger partial charge on any atom is 0.0543 e. The molecule has 18 heavy (non-hydrogen) atoms. The fourth-order valence-electron chi connectivity index (χ4n) is 1.76. The molecule has 2 aromatic rings. The SMILES string of the molecule is CN(Cc1ccccn1)Cc1ccc(Br)cc1Cl. The Morgan fingerprint density at radius 1 is 1.22 bits per heavy atom. The van der Waals surface area contributed by atoms with Crippen LogP contribution in [0.25, 0.3) is 0 Å². The van der Waals surface area contributed by atoms with Gasteiger partial charge in [0.15, 0.2) is 0 Å². The Bertz CT molecular complexity index is 516. The minimum atomic E-state index is 0.789. The van der Waals surface area contributed by atoms with Gasteiger partial charge in [-0.3, -0.25) is 9.88 Å². The minimum Gasteiger partial charge on any atom is -0.296 e. The summed E-state index contributed by atoms with van der Waals surface area (Å²) >= 11 is 9.61. The summed E-state index contributed by atoms with van der Waals surface area (Å²) in [4.78, 5) is 6.51. The molecule has 0 aliphatic rings. The summed E-state index contributed by atoms with van der Waals surface area (Å²) < 4.78 is 1.00. The Hall–Kier alpha value is -0.900. The number of nitrogens with zero attached hydrogens (tertiary/aromatic N) is 2. The molecule has 0 spiro atoms. The normalized spacial score (nSPS) is 10.9. The van der Waals surface area contributed by atoms with Crippen LogP contribution in [0.3, 0.4) is 0 Å². The van der Waals surface area contributed by atoms with Crippen molar-refractivity contribution in [1.82, 2.24) is 9.88 Å². The van der Waals surface area contributed by atoms with E-state index in [0.717, 1.165) is 33.8 Å². The smallest absolute Gasteiger partial charge is 0.0543 e. The Labute approximate surface area is 121 Å². The van der Waals surface area contributed by atoms with Gasteiger partial charge in [0.2, 0.25) is 0 Å². The zero-order valence-corrected chi connectivity index (χ0v) is 12.4. The molecule has 0 unspecified atom stereocenters. The largest absolute Gasteiger partial charge is 0.296 e. The number of hydrogen-bond acceptors (Lipinski definition) is 2. The van der Waals surface area contributed by atoms with Crippen molar-refractivity contribution in [3.63, 3.8) is 0 Å². The fourth-order valence-corrected chi connectivity index (χ4v) is 2.50. The minimum absolute atomic E-state index is 0.789. The third-order valence-corrected chi connectivity index (χ3v) is 3.46. The zero-order valence-electron chi connectivity index (χ0n) is 10.1. The summed E-state index contributed by atoms with van der Waals surface area (Å²) in [5, 5.41) is 0.789. The first-order valence-electron chi connectivity index (χ1n) is 5.67. The van der Waals surface area contributed by atoms with Crippen molar-refractivity contribution in [2.24, 2.45) is 0 Å². The van der Waals surface area contributed by atoms with E-state index in [1.807, 2.05) is 42.6 Å². The third-order valence-electron chi connectivity index (χ3n) is 2.61. The summed E-state index contributed by atoms with van der Waals surface area (Å²) in [6.45, 7) is 1.62. The number of benzene rings is 1. The van der Waals surface area contributed by atoms with Crippen molar-refractivity contribution in [3.8, 4) is 0 Å². The molecule has 0 atom stereocenters. The summed E-state index contributed by atoms with van der Waals surface area (Å²) in [6.07, 6.45) is 1.82. The van der Waals surface area contributed by atoms with Crippen LogP contribution in [0.1, 0.15) is 11.3 Å². The number of halogens is 2. The Morgan fingerprint density at radius 2 is 2.06 bits per heavy atom. The van der Waals surface area contributed by atoms with Crippen molar-refractivity contribution in [2.75, 3.05) is 7.05 Å². The van der Waals surface area contributed by atoms with E-state index in [1.54, 1.807) is 0 Å². The van der Waals surface area contributed by atoms with Gasteiger partial charge in [0.1, 0.15) is 0 Å². The molecule has 94 valence electrons. The molecule has 0 aliphatic heterocycles. The molecule has 0 fully saturated rings. The highest BCUT2D eigenvalue weighted by Gasteiger charge is 2.06. The van der Waals surface area contributed by atoms with Gasteiger partial charge in [-0.25, -0.2) is 0 Å². The van der Waals surface area contributed by atoms with Crippen LogP contribution in [0.15, 0.2) is 47.1 Å². The van der Waals surface area contributed by atoms with Gasteiger partial charge in [0, 0.05) is 28.8 Å². The lowest BCUT2D eigenvalue weighted by Gasteiger charge is -2.17. The molecule has 0 bridgehead atoms. The van der Waals surface area contributed by atoms with Crippen molar-refractivity contribution in [2.45, 2.75) is 13.1 Å². The van der Waals surface area contributed by atoms with Crippen molar-refractivity contribution in [1.29, 1.82) is 0 Å². The van der Waals surface area contributed by atoms with Crippen LogP contribution in [0.2, 0.25) is 5.02 Å². The average Bonchev–Trinajstić information content (AvgIpc) is 2.34. The van der Waals surface area contributed by atoms with E-state index >= 15 is 0 Å². The van der Waals surface area contributed by atoms with E-state index in [9.17, 15) is 0 Å². The molecule has 1 aromatic heterocycles. The molecular weight excluding hydrogens is 312 g/mol. The van der Waals surface area contributed by atoms with Crippen LogP contribution >= 0.6 is 27.5 Å². The molecule has 0 saturated heterocycles. The topological polar surface area (TPSA) is 16.1 Å². The van der Waals surface area contributed by atoms with Gasteiger partial charge in [-0.05, 0) is 36.9 Å². The van der Waals surface area contributed by atoms with E-state index in [2.05, 4.69) is 32.9 Å². The van der Waals surface area contributed by atoms with Crippen LogP contribution in [0, 0.1) is 0 Å². The predicted octanol–water partition coefficient (Wildman–Crippen LogP) is 4.13. The monoisotopic (exact) mass is 324 g/mol. The van der Waals surface area contributed by atoms with E-state index in [1.165, 1.54) is 0 Å². The van der Waals surface area contributed by atoms with Crippen molar-refractivity contribution >= 4 is 27.5 Å². The first kappa shape index (κ1) is 13.5. The second-order valence-corrected chi connectivity index (χ2v) is 5.55. The highest BCUT2D eigenvalue weighted by molar-refractivity contribution is 9.10. The van der Waals surface area contributed by atoms with Gasteiger partial charge >= 0.3 is 0 Å². The summed E-state index contributed by atoms with van der Waals surface area (Å²) in [5.74, 6) is 0. The summed E-state index contributed by atoms with van der Waals surface area (Å²) in [5.41, 5.74) is 2.19. The number of hydrogen-bond donors (Lipinski definition) is 0. The highest BCUT2D eigenvalue weighted by atomic mass is 79.9. The number of rotatable bonds is 4. The van der Waals surface area contributed by atoms with Crippen LogP contribution in [0.4, 0.5) is 0 Å². The molecule has 0 N–H and O–H groups in total. The Kier molecular flexibility index (Phi) is 4.75. The zero-order chi connectivity index (χ0) is 13.0. The molecule has 2 nitrogen and oxygen atoms in total. The molecule has 0 aliphatic carbocycles. The molecule has 1 aromatic carbocycles. The van der Waals surface area contributed by atoms with E-state index in [4.69, 9.17) is 11.6 Å². The van der Waals surface area contributed by atoms with Gasteiger partial charge in [-0.1, -0.05) is 39.7 Å². The predicted molar refractivity (Wildman–Crippen MR) is 78.6 cm³/mol. The quantitative estimate of drug-likeness (QED) is 0.840. The molecule has 1 heterocycles. The third kappa shape index (κ3) is 3.80. The van der Waals surface area contributed by atoms with Gasteiger partial charge in [-0.2, -0.15) is 0 Å². The fraction of sp³-hybridized carbons (Fsp3) is 0.214. The average molecular weight is 326 g/mol. The van der Waals surface area contributed by atoms with Crippen LogP contribution in [-0.4, -0.2) is 16.9 Å². The maximum absolute atomic E-state index is 6.20. The molecule has 0 radical (unpaired) electrons. The molecule has 0 saturated carbocycles. The number of pyridine rings is 1. The van der Waals surface area contributed by atoms with E-state index < -0.39 is 0 Å². The molecule has 4 heteroatoms. The number of aromatic nitrogens is 1. The van der Waals surface area contributed by atoms with Crippen molar-refractivity contribution < 1.29 is 0 Å². The maximum atomic E-state index is 6.20. The molecule has 0 amide bonds. The van der Waals surface area contributed by atoms with Gasteiger partial charge in [0.25, 0.3) is 0 Å². The van der Waals surface area contributed by atoms with Crippen molar-refractivity contribution in [3.05, 3.63) is 63.3 Å². The molecule has 2 rings (SSSR count). The Morgan fingerprint density at radius 3 is 2.72 bits per heavy atom. The van der Waals surface area contributed by atoms with Crippen LogP contribution in [0.5, 0.6) is 0 Å². The molecular formula is C14H14BrClN2. The van der Waals surface area contributed by atoms with Crippen LogP contribution < -0.4 is 0 Å². The summed E-state index contributed by atoms with van der Waals surface area (Å²) in [7, 11) is 2.06.